The molecule has 0 saturated carbocycles. The normalized spacial score (nSPS) is 24.2. The first-order valence-corrected chi connectivity index (χ1v) is 3.97. The van der Waals surface area contributed by atoms with Gasteiger partial charge in [-0.25, -0.2) is 0 Å². The van der Waals surface area contributed by atoms with E-state index in [9.17, 15) is 4.79 Å². The van der Waals surface area contributed by atoms with Crippen molar-refractivity contribution in [2.75, 3.05) is 7.05 Å². The van der Waals surface area contributed by atoms with E-state index in [0.29, 0.717) is 6.04 Å². The molecule has 0 aromatic carbocycles. The second-order valence-electron chi connectivity index (χ2n) is 2.39. The number of hydrogen-bond donors (Lipinski definition) is 0. The maximum atomic E-state index is 10.7. The number of amides is 1. The fourth-order valence-electron chi connectivity index (χ4n) is 0.948. The average Bonchev–Trinajstić information content (AvgIpc) is 2.25. The highest BCUT2D eigenvalue weighted by molar-refractivity contribution is 5.78. The van der Waals surface area contributed by atoms with Crippen molar-refractivity contribution in [2.45, 2.75) is 39.7 Å². The molecule has 2 heteroatoms. The van der Waals surface area contributed by atoms with E-state index in [0.717, 1.165) is 12.8 Å². The number of likely N-dealkylation sites (tertiary alicyclic amines) is 1. The van der Waals surface area contributed by atoms with Crippen LogP contribution in [-0.2, 0) is 4.79 Å². The predicted molar refractivity (Wildman–Crippen MR) is 42.8 cm³/mol. The molecule has 0 aromatic rings. The molecular formula is C8H17NO. The number of carbonyl (C=O) groups excluding carboxylic acids is 1. The first-order valence-electron chi connectivity index (χ1n) is 3.97. The molecule has 0 radical (unpaired) electrons. The highest BCUT2D eigenvalue weighted by Crippen LogP contribution is 2.14. The minimum absolute atomic E-state index is 0.289. The van der Waals surface area contributed by atoms with Crippen molar-refractivity contribution in [2.24, 2.45) is 0 Å². The first-order chi connectivity index (χ1) is 4.72. The van der Waals surface area contributed by atoms with Crippen LogP contribution in [-0.4, -0.2) is 23.9 Å². The van der Waals surface area contributed by atoms with Crippen molar-refractivity contribution < 1.29 is 4.79 Å². The zero-order chi connectivity index (χ0) is 8.15. The van der Waals surface area contributed by atoms with Crippen LogP contribution in [0.25, 0.3) is 0 Å². The van der Waals surface area contributed by atoms with Crippen molar-refractivity contribution in [3.63, 3.8) is 0 Å². The number of carbonyl (C=O) groups is 1. The molecule has 2 nitrogen and oxygen atoms in total. The van der Waals surface area contributed by atoms with Crippen molar-refractivity contribution in [3.8, 4) is 0 Å². The summed E-state index contributed by atoms with van der Waals surface area (Å²) in [6.45, 7) is 6.07. The smallest absolute Gasteiger partial charge is 0.222 e. The van der Waals surface area contributed by atoms with Gasteiger partial charge in [-0.1, -0.05) is 13.8 Å². The summed E-state index contributed by atoms with van der Waals surface area (Å²) >= 11 is 0. The summed E-state index contributed by atoms with van der Waals surface area (Å²) < 4.78 is 0. The molecule has 10 heavy (non-hydrogen) atoms. The van der Waals surface area contributed by atoms with E-state index in [2.05, 4.69) is 6.92 Å². The van der Waals surface area contributed by atoms with E-state index in [-0.39, 0.29) is 5.91 Å². The third-order valence-corrected chi connectivity index (χ3v) is 1.83. The van der Waals surface area contributed by atoms with Gasteiger partial charge in [-0.05, 0) is 13.3 Å². The van der Waals surface area contributed by atoms with Crippen LogP contribution in [0.3, 0.4) is 0 Å². The highest BCUT2D eigenvalue weighted by atomic mass is 16.2. The molecule has 0 aromatic heterocycles. The van der Waals surface area contributed by atoms with Gasteiger partial charge in [0.15, 0.2) is 0 Å². The van der Waals surface area contributed by atoms with Crippen molar-refractivity contribution in [1.29, 1.82) is 0 Å². The SMILES string of the molecule is CC.CC1CCC(=O)N1C. The van der Waals surface area contributed by atoms with E-state index in [4.69, 9.17) is 0 Å². The topological polar surface area (TPSA) is 20.3 Å². The zero-order valence-electron chi connectivity index (χ0n) is 7.35. The molecule has 1 atom stereocenters. The molecular weight excluding hydrogens is 126 g/mol. The second-order valence-corrected chi connectivity index (χ2v) is 2.39. The Morgan fingerprint density at radius 3 is 2.10 bits per heavy atom. The fraction of sp³-hybridized carbons (Fsp3) is 0.875. The predicted octanol–water partition coefficient (Wildman–Crippen LogP) is 1.65. The summed E-state index contributed by atoms with van der Waals surface area (Å²) in [6.07, 6.45) is 1.78. The average molecular weight is 143 g/mol. The minimum Gasteiger partial charge on any atom is -0.343 e. The Kier molecular flexibility index (Phi) is 4.08. The lowest BCUT2D eigenvalue weighted by atomic mass is 10.2. The summed E-state index contributed by atoms with van der Waals surface area (Å²) in [7, 11) is 1.86. The molecule has 1 fully saturated rings. The fourth-order valence-corrected chi connectivity index (χ4v) is 0.948. The quantitative estimate of drug-likeness (QED) is 0.505. The van der Waals surface area contributed by atoms with Crippen LogP contribution in [0.1, 0.15) is 33.6 Å². The van der Waals surface area contributed by atoms with Gasteiger partial charge >= 0.3 is 0 Å². The van der Waals surface area contributed by atoms with Gasteiger partial charge in [-0.2, -0.15) is 0 Å². The van der Waals surface area contributed by atoms with Gasteiger partial charge in [-0.15, -0.1) is 0 Å². The largest absolute Gasteiger partial charge is 0.343 e. The highest BCUT2D eigenvalue weighted by Gasteiger charge is 2.22. The van der Waals surface area contributed by atoms with Gasteiger partial charge in [0.2, 0.25) is 5.91 Å². The van der Waals surface area contributed by atoms with E-state index in [1.807, 2.05) is 20.9 Å². The number of rotatable bonds is 0. The van der Waals surface area contributed by atoms with Crippen molar-refractivity contribution in [1.82, 2.24) is 4.90 Å². The van der Waals surface area contributed by atoms with Crippen molar-refractivity contribution in [3.05, 3.63) is 0 Å². The molecule has 1 aliphatic rings. The van der Waals surface area contributed by atoms with Gasteiger partial charge in [0.1, 0.15) is 0 Å². The van der Waals surface area contributed by atoms with E-state index in [1.54, 1.807) is 4.90 Å². The maximum absolute atomic E-state index is 10.7. The monoisotopic (exact) mass is 143 g/mol. The van der Waals surface area contributed by atoms with Crippen molar-refractivity contribution >= 4 is 5.91 Å². The Bertz CT molecular complexity index is 112. The Labute approximate surface area is 63.2 Å². The van der Waals surface area contributed by atoms with E-state index < -0.39 is 0 Å². The standard InChI is InChI=1S/C6H11NO.C2H6/c1-5-3-4-6(8)7(5)2;1-2/h5H,3-4H2,1-2H3;1-2H3. The second kappa shape index (κ2) is 4.31. The summed E-state index contributed by atoms with van der Waals surface area (Å²) in [5.74, 6) is 0.289. The molecule has 1 heterocycles. The van der Waals surface area contributed by atoms with Crippen LogP contribution in [0.15, 0.2) is 0 Å². The molecule has 1 amide bonds. The van der Waals surface area contributed by atoms with Crippen LogP contribution in [0.2, 0.25) is 0 Å². The van der Waals surface area contributed by atoms with Crippen LogP contribution < -0.4 is 0 Å². The van der Waals surface area contributed by atoms with Gasteiger partial charge in [0.25, 0.3) is 0 Å². The summed E-state index contributed by atoms with van der Waals surface area (Å²) in [6, 6.07) is 0.475. The molecule has 1 rings (SSSR count). The third-order valence-electron chi connectivity index (χ3n) is 1.83. The third kappa shape index (κ3) is 2.01. The molecule has 60 valence electrons. The van der Waals surface area contributed by atoms with Gasteiger partial charge < -0.3 is 4.90 Å². The zero-order valence-corrected chi connectivity index (χ0v) is 7.35. The Balaban J connectivity index is 0.000000371. The molecule has 1 unspecified atom stereocenters. The van der Waals surface area contributed by atoms with Crippen LogP contribution in [0.5, 0.6) is 0 Å². The maximum Gasteiger partial charge on any atom is 0.222 e. The number of nitrogens with zero attached hydrogens (tertiary/aromatic N) is 1. The summed E-state index contributed by atoms with van der Waals surface area (Å²) in [5, 5.41) is 0. The van der Waals surface area contributed by atoms with E-state index in [1.165, 1.54) is 0 Å². The molecule has 0 spiro atoms. The Morgan fingerprint density at radius 2 is 2.00 bits per heavy atom. The van der Waals surface area contributed by atoms with Crippen LogP contribution in [0.4, 0.5) is 0 Å². The lowest BCUT2D eigenvalue weighted by molar-refractivity contribution is -0.127. The Morgan fingerprint density at radius 1 is 1.50 bits per heavy atom. The molecule has 0 aliphatic carbocycles. The van der Waals surface area contributed by atoms with Crippen LogP contribution >= 0.6 is 0 Å². The Hall–Kier alpha value is -0.530. The van der Waals surface area contributed by atoms with Gasteiger partial charge in [-0.3, -0.25) is 4.79 Å². The molecule has 0 bridgehead atoms. The van der Waals surface area contributed by atoms with Crippen LogP contribution in [0, 0.1) is 0 Å². The van der Waals surface area contributed by atoms with Gasteiger partial charge in [0.05, 0.1) is 0 Å². The molecule has 1 aliphatic heterocycles. The summed E-state index contributed by atoms with van der Waals surface area (Å²) in [5.41, 5.74) is 0. The lowest BCUT2D eigenvalue weighted by Gasteiger charge is -2.13. The molecule has 0 N–H and O–H groups in total. The summed E-state index contributed by atoms with van der Waals surface area (Å²) in [4.78, 5) is 12.5. The number of hydrogen-bond acceptors (Lipinski definition) is 1. The molecule has 1 saturated heterocycles. The van der Waals surface area contributed by atoms with E-state index >= 15 is 0 Å². The minimum atomic E-state index is 0.289. The first kappa shape index (κ1) is 9.47. The lowest BCUT2D eigenvalue weighted by Crippen LogP contribution is -2.25. The van der Waals surface area contributed by atoms with Gasteiger partial charge in [0, 0.05) is 19.5 Å².